The van der Waals surface area contributed by atoms with Crippen molar-refractivity contribution < 1.29 is 4.79 Å². The van der Waals surface area contributed by atoms with Crippen LogP contribution < -0.4 is 0 Å². The van der Waals surface area contributed by atoms with Crippen molar-refractivity contribution in [3.63, 3.8) is 0 Å². The molecule has 1 aromatic rings. The van der Waals surface area contributed by atoms with E-state index in [-0.39, 0.29) is 0 Å². The topological polar surface area (TPSA) is 17.1 Å². The number of halogens is 1. The number of rotatable bonds is 1. The number of alkyl halides is 1. The van der Waals surface area contributed by atoms with E-state index in [0.29, 0.717) is 11.4 Å². The van der Waals surface area contributed by atoms with Crippen molar-refractivity contribution in [2.24, 2.45) is 0 Å². The summed E-state index contributed by atoms with van der Waals surface area (Å²) in [5, 5.41) is 3.61. The molecule has 0 atom stereocenters. The molecular weight excluding hydrogens is 180 g/mol. The minimum absolute atomic E-state index is 0.300. The van der Waals surface area contributed by atoms with Crippen LogP contribution in [0, 0.1) is 11.8 Å². The van der Waals surface area contributed by atoms with Gasteiger partial charge in [-0.25, -0.2) is 0 Å². The highest BCUT2D eigenvalue weighted by molar-refractivity contribution is 7.08. The van der Waals surface area contributed by atoms with Crippen molar-refractivity contribution >= 4 is 29.2 Å². The average Bonchev–Trinajstić information content (AvgIpc) is 2.47. The summed E-state index contributed by atoms with van der Waals surface area (Å²) < 4.78 is 0. The fourth-order valence-corrected chi connectivity index (χ4v) is 1.42. The average molecular weight is 185 g/mol. The molecule has 11 heavy (non-hydrogen) atoms. The zero-order valence-electron chi connectivity index (χ0n) is 5.63. The number of hydrogen-bond acceptors (Lipinski definition) is 2. The quantitative estimate of drug-likeness (QED) is 0.371. The van der Waals surface area contributed by atoms with Crippen LogP contribution in [0.4, 0.5) is 0 Å². The van der Waals surface area contributed by atoms with Gasteiger partial charge in [0.2, 0.25) is 0 Å². The number of hydrogen-bond donors (Lipinski definition) is 0. The number of thiophene rings is 1. The Kier molecular flexibility index (Phi) is 3.15. The van der Waals surface area contributed by atoms with Crippen molar-refractivity contribution in [1.82, 2.24) is 0 Å². The normalized spacial score (nSPS) is 8.45. The van der Waals surface area contributed by atoms with Gasteiger partial charge in [0.05, 0.1) is 5.88 Å². The van der Waals surface area contributed by atoms with Crippen LogP contribution >= 0.6 is 22.9 Å². The maximum absolute atomic E-state index is 10.4. The van der Waals surface area contributed by atoms with E-state index in [2.05, 4.69) is 11.8 Å². The first-order chi connectivity index (χ1) is 5.38. The van der Waals surface area contributed by atoms with Gasteiger partial charge in [-0.3, -0.25) is 4.79 Å². The summed E-state index contributed by atoms with van der Waals surface area (Å²) in [5.74, 6) is 5.78. The second-order valence-electron chi connectivity index (χ2n) is 1.79. The molecule has 0 saturated heterocycles. The molecule has 0 amide bonds. The molecule has 1 rings (SSSR count). The molecule has 0 aliphatic heterocycles. The second kappa shape index (κ2) is 4.17. The maximum atomic E-state index is 10.4. The largest absolute Gasteiger partial charge is 0.298 e. The van der Waals surface area contributed by atoms with Crippen LogP contribution in [0.3, 0.4) is 0 Å². The van der Waals surface area contributed by atoms with E-state index in [4.69, 9.17) is 11.6 Å². The van der Waals surface area contributed by atoms with Crippen LogP contribution in [0.2, 0.25) is 0 Å². The molecule has 0 fully saturated rings. The fourth-order valence-electron chi connectivity index (χ4n) is 0.628. The molecule has 0 saturated carbocycles. The summed E-state index contributed by atoms with van der Waals surface area (Å²) in [4.78, 5) is 10.4. The molecule has 0 aliphatic rings. The predicted octanol–water partition coefficient (Wildman–Crippen LogP) is 2.15. The minimum Gasteiger partial charge on any atom is -0.298 e. The Hall–Kier alpha value is -0.780. The molecule has 0 unspecified atom stereocenters. The molecule has 0 aromatic carbocycles. The Bertz CT molecular complexity index is 305. The molecule has 1 nitrogen and oxygen atoms in total. The summed E-state index contributed by atoms with van der Waals surface area (Å²) in [6, 6.07) is 0. The Morgan fingerprint density at radius 3 is 3.09 bits per heavy atom. The first-order valence-corrected chi connectivity index (χ1v) is 4.42. The van der Waals surface area contributed by atoms with E-state index in [1.165, 1.54) is 11.3 Å². The molecular formula is C8H5ClOS. The predicted molar refractivity (Wildman–Crippen MR) is 47.3 cm³/mol. The third-order valence-electron chi connectivity index (χ3n) is 1.11. The molecule has 0 aliphatic carbocycles. The lowest BCUT2D eigenvalue weighted by molar-refractivity contribution is 0.112. The summed E-state index contributed by atoms with van der Waals surface area (Å²) >= 11 is 6.82. The van der Waals surface area contributed by atoms with Gasteiger partial charge in [0.1, 0.15) is 0 Å². The Morgan fingerprint density at radius 1 is 1.64 bits per heavy atom. The summed E-state index contributed by atoms with van der Waals surface area (Å²) in [5.41, 5.74) is 1.42. The second-order valence-corrected chi connectivity index (χ2v) is 2.80. The van der Waals surface area contributed by atoms with Gasteiger partial charge in [0.25, 0.3) is 0 Å². The lowest BCUT2D eigenvalue weighted by Gasteiger charge is -1.81. The standard InChI is InChI=1S/C8H5ClOS/c9-3-1-2-7-5-11-6-8(7)4-10/h4-6H,3H2. The Morgan fingerprint density at radius 2 is 2.45 bits per heavy atom. The van der Waals surface area contributed by atoms with Crippen LogP contribution in [0.1, 0.15) is 15.9 Å². The molecule has 1 heterocycles. The Balaban J connectivity index is 2.93. The number of carbonyl (C=O) groups is 1. The lowest BCUT2D eigenvalue weighted by Crippen LogP contribution is -1.78. The van der Waals surface area contributed by atoms with Crippen LogP contribution in [0.25, 0.3) is 0 Å². The zero-order chi connectivity index (χ0) is 8.10. The Labute approximate surface area is 74.0 Å². The third kappa shape index (κ3) is 2.07. The van der Waals surface area contributed by atoms with Crippen molar-refractivity contribution in [3.8, 4) is 11.8 Å². The highest BCUT2D eigenvalue weighted by Gasteiger charge is 1.97. The molecule has 0 radical (unpaired) electrons. The summed E-state index contributed by atoms with van der Waals surface area (Å²) in [6.07, 6.45) is 0.800. The lowest BCUT2D eigenvalue weighted by atomic mass is 10.2. The third-order valence-corrected chi connectivity index (χ3v) is 2.00. The molecule has 56 valence electrons. The van der Waals surface area contributed by atoms with Crippen LogP contribution in [-0.4, -0.2) is 12.2 Å². The molecule has 0 N–H and O–H groups in total. The van der Waals surface area contributed by atoms with Crippen LogP contribution in [0.15, 0.2) is 10.8 Å². The van der Waals surface area contributed by atoms with E-state index in [0.717, 1.165) is 11.8 Å². The monoisotopic (exact) mass is 184 g/mol. The summed E-state index contributed by atoms with van der Waals surface area (Å²) in [7, 11) is 0. The fraction of sp³-hybridized carbons (Fsp3) is 0.125. The van der Waals surface area contributed by atoms with E-state index in [1.807, 2.05) is 5.38 Å². The molecule has 0 spiro atoms. The van der Waals surface area contributed by atoms with Gasteiger partial charge in [0, 0.05) is 21.9 Å². The molecule has 1 aromatic heterocycles. The highest BCUT2D eigenvalue weighted by atomic mass is 35.5. The van der Waals surface area contributed by atoms with Crippen molar-refractivity contribution in [2.45, 2.75) is 0 Å². The van der Waals surface area contributed by atoms with Gasteiger partial charge in [-0.05, 0) is 0 Å². The smallest absolute Gasteiger partial charge is 0.152 e. The van der Waals surface area contributed by atoms with Crippen LogP contribution in [-0.2, 0) is 0 Å². The van der Waals surface area contributed by atoms with Gasteiger partial charge >= 0.3 is 0 Å². The SMILES string of the molecule is O=Cc1cscc1C#CCCl. The highest BCUT2D eigenvalue weighted by Crippen LogP contribution is 2.10. The van der Waals surface area contributed by atoms with E-state index in [1.54, 1.807) is 5.38 Å². The van der Waals surface area contributed by atoms with E-state index < -0.39 is 0 Å². The van der Waals surface area contributed by atoms with Gasteiger partial charge in [-0.15, -0.1) is 11.6 Å². The van der Waals surface area contributed by atoms with Crippen LogP contribution in [0.5, 0.6) is 0 Å². The van der Waals surface area contributed by atoms with Crippen molar-refractivity contribution in [2.75, 3.05) is 5.88 Å². The van der Waals surface area contributed by atoms with Crippen molar-refractivity contribution in [1.29, 1.82) is 0 Å². The van der Waals surface area contributed by atoms with Gasteiger partial charge < -0.3 is 0 Å². The van der Waals surface area contributed by atoms with Gasteiger partial charge in [-0.2, -0.15) is 11.3 Å². The first kappa shape index (κ1) is 8.32. The maximum Gasteiger partial charge on any atom is 0.152 e. The minimum atomic E-state index is 0.300. The number of carbonyl (C=O) groups excluding carboxylic acids is 1. The van der Waals surface area contributed by atoms with Gasteiger partial charge in [-0.1, -0.05) is 11.8 Å². The van der Waals surface area contributed by atoms with E-state index in [9.17, 15) is 4.79 Å². The van der Waals surface area contributed by atoms with E-state index >= 15 is 0 Å². The molecule has 3 heteroatoms. The number of aldehydes is 1. The zero-order valence-corrected chi connectivity index (χ0v) is 7.21. The van der Waals surface area contributed by atoms with Crippen molar-refractivity contribution in [3.05, 3.63) is 21.9 Å². The first-order valence-electron chi connectivity index (χ1n) is 2.94. The summed E-state index contributed by atoms with van der Waals surface area (Å²) in [6.45, 7) is 0. The van der Waals surface area contributed by atoms with Gasteiger partial charge in [0.15, 0.2) is 6.29 Å². The molecule has 0 bridgehead atoms.